The van der Waals surface area contributed by atoms with Crippen LogP contribution in [0.5, 0.6) is 0 Å². The maximum absolute atomic E-state index is 5.82. The number of aromatic nitrogens is 2. The van der Waals surface area contributed by atoms with Crippen LogP contribution in [0, 0.1) is 0 Å². The van der Waals surface area contributed by atoms with Crippen LogP contribution in [-0.4, -0.2) is 9.38 Å². The zero-order chi connectivity index (χ0) is 7.84. The van der Waals surface area contributed by atoms with E-state index >= 15 is 0 Å². The van der Waals surface area contributed by atoms with Crippen LogP contribution in [0.1, 0.15) is 0 Å². The smallest absolute Gasteiger partial charge is 0.153 e. The van der Waals surface area contributed by atoms with Gasteiger partial charge in [-0.3, -0.25) is 0 Å². The van der Waals surface area contributed by atoms with E-state index in [-0.39, 0.29) is 0 Å². The monoisotopic (exact) mass is 230 g/mol. The molecule has 11 heavy (non-hydrogen) atoms. The quantitative estimate of drug-likeness (QED) is 0.681. The third-order valence-electron chi connectivity index (χ3n) is 1.44. The van der Waals surface area contributed by atoms with Gasteiger partial charge in [-0.25, -0.2) is 4.98 Å². The Balaban J connectivity index is 2.90. The van der Waals surface area contributed by atoms with Gasteiger partial charge in [0, 0.05) is 23.1 Å². The van der Waals surface area contributed by atoms with Gasteiger partial charge in [0.2, 0.25) is 0 Å². The molecule has 0 aliphatic rings. The summed E-state index contributed by atoms with van der Waals surface area (Å²) >= 11 is 9.17. The summed E-state index contributed by atoms with van der Waals surface area (Å²) in [5.41, 5.74) is 0.918. The van der Waals surface area contributed by atoms with Crippen LogP contribution in [0.4, 0.5) is 0 Å². The Labute approximate surface area is 76.9 Å². The summed E-state index contributed by atoms with van der Waals surface area (Å²) in [4.78, 5) is 3.94. The van der Waals surface area contributed by atoms with Gasteiger partial charge in [-0.15, -0.1) is 0 Å². The minimum absolute atomic E-state index is 0.526. The summed E-state index contributed by atoms with van der Waals surface area (Å²) in [6, 6.07) is 1.93. The molecule has 2 nitrogen and oxygen atoms in total. The molecular formula is C7H4BrClN2. The lowest BCUT2D eigenvalue weighted by atomic mass is 10.5. The molecule has 2 aromatic rings. The summed E-state index contributed by atoms with van der Waals surface area (Å²) < 4.78 is 2.92. The first-order valence-electron chi connectivity index (χ1n) is 3.05. The van der Waals surface area contributed by atoms with Crippen LogP contribution in [0.3, 0.4) is 0 Å². The largest absolute Gasteiger partial charge is 0.318 e. The zero-order valence-electron chi connectivity index (χ0n) is 5.46. The van der Waals surface area contributed by atoms with E-state index < -0.39 is 0 Å². The lowest BCUT2D eigenvalue weighted by Gasteiger charge is -1.92. The molecule has 2 rings (SSSR count). The number of hydrogen-bond donors (Lipinski definition) is 0. The van der Waals surface area contributed by atoms with E-state index in [0.29, 0.717) is 5.15 Å². The van der Waals surface area contributed by atoms with E-state index in [0.717, 1.165) is 9.99 Å². The summed E-state index contributed by atoms with van der Waals surface area (Å²) in [7, 11) is 0. The summed E-state index contributed by atoms with van der Waals surface area (Å²) in [5, 5.41) is 0.526. The summed E-state index contributed by atoms with van der Waals surface area (Å²) in [6.45, 7) is 0. The predicted molar refractivity (Wildman–Crippen MR) is 47.9 cm³/mol. The van der Waals surface area contributed by atoms with Gasteiger partial charge in [-0.1, -0.05) is 11.6 Å². The first-order chi connectivity index (χ1) is 5.27. The van der Waals surface area contributed by atoms with E-state index in [1.807, 2.05) is 22.9 Å². The van der Waals surface area contributed by atoms with Crippen molar-refractivity contribution in [1.29, 1.82) is 0 Å². The van der Waals surface area contributed by atoms with E-state index in [4.69, 9.17) is 11.6 Å². The molecule has 0 bridgehead atoms. The number of nitrogens with zero attached hydrogens (tertiary/aromatic N) is 2. The predicted octanol–water partition coefficient (Wildman–Crippen LogP) is 2.75. The van der Waals surface area contributed by atoms with E-state index in [2.05, 4.69) is 20.9 Å². The molecule has 0 fully saturated rings. The van der Waals surface area contributed by atoms with Gasteiger partial charge in [0.25, 0.3) is 0 Å². The van der Waals surface area contributed by atoms with Crippen LogP contribution in [-0.2, 0) is 0 Å². The first kappa shape index (κ1) is 7.13. The van der Waals surface area contributed by atoms with Crippen molar-refractivity contribution in [3.8, 4) is 0 Å². The van der Waals surface area contributed by atoms with E-state index in [1.165, 1.54) is 0 Å². The third kappa shape index (κ3) is 1.14. The molecule has 0 saturated carbocycles. The fourth-order valence-corrected chi connectivity index (χ4v) is 1.62. The Hall–Kier alpha value is -0.540. The highest BCUT2D eigenvalue weighted by molar-refractivity contribution is 9.10. The van der Waals surface area contributed by atoms with Gasteiger partial charge in [-0.05, 0) is 22.0 Å². The van der Waals surface area contributed by atoms with Crippen LogP contribution in [0.2, 0.25) is 5.15 Å². The fraction of sp³-hybridized carbons (Fsp3) is 0. The van der Waals surface area contributed by atoms with Gasteiger partial charge in [0.1, 0.15) is 0 Å². The van der Waals surface area contributed by atoms with Crippen molar-refractivity contribution in [2.45, 2.75) is 0 Å². The Morgan fingerprint density at radius 1 is 1.55 bits per heavy atom. The van der Waals surface area contributed by atoms with Crippen molar-refractivity contribution in [2.75, 3.05) is 0 Å². The molecule has 4 heteroatoms. The Bertz CT molecular complexity index is 396. The van der Waals surface area contributed by atoms with Crippen molar-refractivity contribution >= 4 is 33.0 Å². The molecule has 0 radical (unpaired) electrons. The molecular weight excluding hydrogens is 227 g/mol. The molecule has 0 aliphatic heterocycles. The van der Waals surface area contributed by atoms with Crippen LogP contribution in [0.15, 0.2) is 29.1 Å². The second-order valence-electron chi connectivity index (χ2n) is 2.17. The molecule has 0 aromatic carbocycles. The zero-order valence-corrected chi connectivity index (χ0v) is 7.80. The SMILES string of the molecule is Clc1nccn2cc(Br)cc12. The van der Waals surface area contributed by atoms with Gasteiger partial charge in [0.15, 0.2) is 5.15 Å². The average molecular weight is 231 g/mol. The minimum atomic E-state index is 0.526. The average Bonchev–Trinajstić information content (AvgIpc) is 2.31. The highest BCUT2D eigenvalue weighted by Gasteiger charge is 2.00. The van der Waals surface area contributed by atoms with Crippen LogP contribution >= 0.6 is 27.5 Å². The number of rotatable bonds is 0. The lowest BCUT2D eigenvalue weighted by Crippen LogP contribution is -1.82. The van der Waals surface area contributed by atoms with Crippen molar-refractivity contribution in [2.24, 2.45) is 0 Å². The van der Waals surface area contributed by atoms with Gasteiger partial charge < -0.3 is 4.40 Å². The summed E-state index contributed by atoms with van der Waals surface area (Å²) in [5.74, 6) is 0. The number of hydrogen-bond acceptors (Lipinski definition) is 1. The van der Waals surface area contributed by atoms with E-state index in [9.17, 15) is 0 Å². The van der Waals surface area contributed by atoms with E-state index in [1.54, 1.807) is 6.20 Å². The highest BCUT2D eigenvalue weighted by atomic mass is 79.9. The van der Waals surface area contributed by atoms with Crippen molar-refractivity contribution in [3.63, 3.8) is 0 Å². The molecule has 0 spiro atoms. The maximum atomic E-state index is 5.82. The maximum Gasteiger partial charge on any atom is 0.153 e. The number of fused-ring (bicyclic) bond motifs is 1. The normalized spacial score (nSPS) is 10.7. The van der Waals surface area contributed by atoms with Crippen molar-refractivity contribution in [3.05, 3.63) is 34.3 Å². The fourth-order valence-electron chi connectivity index (χ4n) is 0.971. The molecule has 0 saturated heterocycles. The highest BCUT2D eigenvalue weighted by Crippen LogP contribution is 2.20. The second-order valence-corrected chi connectivity index (χ2v) is 3.44. The summed E-state index contributed by atoms with van der Waals surface area (Å²) in [6.07, 6.45) is 5.46. The molecule has 56 valence electrons. The Kier molecular flexibility index (Phi) is 1.62. The van der Waals surface area contributed by atoms with Gasteiger partial charge in [-0.2, -0.15) is 0 Å². The molecule has 0 N–H and O–H groups in total. The molecule has 0 unspecified atom stereocenters. The van der Waals surface area contributed by atoms with Crippen LogP contribution < -0.4 is 0 Å². The third-order valence-corrected chi connectivity index (χ3v) is 2.17. The minimum Gasteiger partial charge on any atom is -0.318 e. The van der Waals surface area contributed by atoms with Gasteiger partial charge in [0.05, 0.1) is 5.52 Å². The topological polar surface area (TPSA) is 17.3 Å². The molecule has 0 atom stereocenters. The van der Waals surface area contributed by atoms with Crippen molar-refractivity contribution in [1.82, 2.24) is 9.38 Å². The Morgan fingerprint density at radius 2 is 2.36 bits per heavy atom. The number of halogens is 2. The molecule has 2 heterocycles. The molecule has 0 aliphatic carbocycles. The molecule has 0 amide bonds. The standard InChI is InChI=1S/C7H4BrClN2/c8-5-3-6-7(9)10-1-2-11(6)4-5/h1-4H. The van der Waals surface area contributed by atoms with Crippen LogP contribution in [0.25, 0.3) is 5.52 Å². The van der Waals surface area contributed by atoms with Crippen molar-refractivity contribution < 1.29 is 0 Å². The second kappa shape index (κ2) is 2.50. The van der Waals surface area contributed by atoms with Gasteiger partial charge >= 0.3 is 0 Å². The first-order valence-corrected chi connectivity index (χ1v) is 4.22. The lowest BCUT2D eigenvalue weighted by molar-refractivity contribution is 1.14. The Morgan fingerprint density at radius 3 is 3.09 bits per heavy atom. The molecule has 2 aromatic heterocycles.